The third-order valence-electron chi connectivity index (χ3n) is 10.6. The van der Waals surface area contributed by atoms with Gasteiger partial charge in [-0.25, -0.2) is 15.0 Å². The fraction of sp³-hybridized carbons (Fsp3) is 0. The molecule has 0 N–H and O–H groups in total. The van der Waals surface area contributed by atoms with Crippen LogP contribution in [0.4, 0.5) is 0 Å². The fourth-order valence-corrected chi connectivity index (χ4v) is 9.10. The van der Waals surface area contributed by atoms with Crippen molar-refractivity contribution in [1.82, 2.24) is 15.0 Å². The monoisotopic (exact) mass is 733 g/mol. The van der Waals surface area contributed by atoms with E-state index in [9.17, 15) is 0 Å². The van der Waals surface area contributed by atoms with Crippen LogP contribution in [0.1, 0.15) is 0 Å². The SMILES string of the molecule is c1ccc(-c2ccc(-c3nc(-c4ccccc4)nc(-c4cccc5c4oc4ccc(-c6ccc(-c7ccccc7)c7c6sc6ccccc67)cc45)n3)cc2)cc1. The summed E-state index contributed by atoms with van der Waals surface area (Å²) in [5.74, 6) is 1.78. The van der Waals surface area contributed by atoms with Gasteiger partial charge < -0.3 is 4.42 Å². The van der Waals surface area contributed by atoms with Gasteiger partial charge in [0.05, 0.1) is 5.56 Å². The molecule has 11 aromatic rings. The van der Waals surface area contributed by atoms with Gasteiger partial charge in [0.15, 0.2) is 17.5 Å². The summed E-state index contributed by atoms with van der Waals surface area (Å²) in [6, 6.07) is 65.6. The van der Waals surface area contributed by atoms with Crippen molar-refractivity contribution in [3.05, 3.63) is 188 Å². The molecule has 0 saturated carbocycles. The predicted octanol–water partition coefficient (Wildman–Crippen LogP) is 14.1. The van der Waals surface area contributed by atoms with Crippen LogP contribution in [0.25, 0.3) is 110 Å². The fourth-order valence-electron chi connectivity index (χ4n) is 7.84. The molecule has 5 heteroatoms. The van der Waals surface area contributed by atoms with Gasteiger partial charge in [-0.15, -0.1) is 11.3 Å². The first-order chi connectivity index (χ1) is 27.7. The van der Waals surface area contributed by atoms with Crippen LogP contribution in [0, 0.1) is 0 Å². The van der Waals surface area contributed by atoms with Crippen molar-refractivity contribution < 1.29 is 4.42 Å². The lowest BCUT2D eigenvalue weighted by Crippen LogP contribution is -2.00. The van der Waals surface area contributed by atoms with Crippen LogP contribution in [0.5, 0.6) is 0 Å². The van der Waals surface area contributed by atoms with Gasteiger partial charge in [0.1, 0.15) is 11.2 Å². The van der Waals surface area contributed by atoms with E-state index in [-0.39, 0.29) is 0 Å². The zero-order valence-electron chi connectivity index (χ0n) is 30.1. The molecule has 11 rings (SSSR count). The molecule has 0 saturated heterocycles. The van der Waals surface area contributed by atoms with Crippen molar-refractivity contribution in [1.29, 1.82) is 0 Å². The molecule has 8 aromatic carbocycles. The molecule has 0 aliphatic heterocycles. The minimum atomic E-state index is 0.564. The first-order valence-electron chi connectivity index (χ1n) is 18.7. The Bertz CT molecular complexity index is 3230. The Kier molecular flexibility index (Phi) is 7.64. The lowest BCUT2D eigenvalue weighted by atomic mass is 9.94. The summed E-state index contributed by atoms with van der Waals surface area (Å²) in [4.78, 5) is 15.1. The molecule has 3 heterocycles. The molecule has 0 bridgehead atoms. The number of hydrogen-bond acceptors (Lipinski definition) is 5. The van der Waals surface area contributed by atoms with E-state index in [0.717, 1.165) is 55.3 Å². The van der Waals surface area contributed by atoms with Crippen LogP contribution in [-0.2, 0) is 0 Å². The molecular weight excluding hydrogens is 703 g/mol. The molecule has 0 atom stereocenters. The predicted molar refractivity (Wildman–Crippen MR) is 233 cm³/mol. The number of aromatic nitrogens is 3. The summed E-state index contributed by atoms with van der Waals surface area (Å²) in [7, 11) is 0. The second kappa shape index (κ2) is 13.3. The number of rotatable bonds is 6. The van der Waals surface area contributed by atoms with Gasteiger partial charge in [-0.1, -0.05) is 164 Å². The van der Waals surface area contributed by atoms with Gasteiger partial charge in [0.2, 0.25) is 0 Å². The largest absolute Gasteiger partial charge is 0.455 e. The van der Waals surface area contributed by atoms with Gasteiger partial charge >= 0.3 is 0 Å². The first kappa shape index (κ1) is 32.2. The third-order valence-corrected chi connectivity index (χ3v) is 11.8. The third kappa shape index (κ3) is 5.48. The van der Waals surface area contributed by atoms with E-state index in [0.29, 0.717) is 17.5 Å². The van der Waals surface area contributed by atoms with Crippen molar-refractivity contribution in [2.45, 2.75) is 0 Å². The Balaban J connectivity index is 1.06. The first-order valence-corrected chi connectivity index (χ1v) is 19.5. The second-order valence-corrected chi connectivity index (χ2v) is 15.0. The average molecular weight is 734 g/mol. The Morgan fingerprint density at radius 1 is 0.357 bits per heavy atom. The number of nitrogens with zero attached hydrogens (tertiary/aromatic N) is 3. The summed E-state index contributed by atoms with van der Waals surface area (Å²) in [5, 5.41) is 4.65. The number of fused-ring (bicyclic) bond motifs is 6. The standard InChI is InChI=1S/C51H31N3OS/c1-4-13-32(14-5-1)33-23-25-36(26-24-33)50-52-49(35-17-8-3-9-18-35)53-51(54-50)42-21-12-20-40-43-31-37(27-30-44(43)55-47(40)42)39-29-28-38(34-15-6-2-7-16-34)46-41-19-10-11-22-45(41)56-48(39)46/h1-31H. The van der Waals surface area contributed by atoms with Crippen molar-refractivity contribution in [2.75, 3.05) is 0 Å². The smallest absolute Gasteiger partial charge is 0.167 e. The molecular formula is C51H31N3OS. The zero-order valence-corrected chi connectivity index (χ0v) is 30.9. The molecule has 0 unspecified atom stereocenters. The van der Waals surface area contributed by atoms with Gasteiger partial charge in [0, 0.05) is 42.1 Å². The maximum absolute atomic E-state index is 6.70. The van der Waals surface area contributed by atoms with E-state index >= 15 is 0 Å². The Morgan fingerprint density at radius 2 is 0.911 bits per heavy atom. The Hall–Kier alpha value is -7.21. The molecule has 0 amide bonds. The van der Waals surface area contributed by atoms with Crippen LogP contribution >= 0.6 is 11.3 Å². The summed E-state index contributed by atoms with van der Waals surface area (Å²) in [6.45, 7) is 0. The Labute approximate surface area is 327 Å². The molecule has 262 valence electrons. The van der Waals surface area contributed by atoms with Crippen LogP contribution in [0.2, 0.25) is 0 Å². The van der Waals surface area contributed by atoms with E-state index in [1.165, 1.54) is 36.9 Å². The highest BCUT2D eigenvalue weighted by Crippen LogP contribution is 2.46. The highest BCUT2D eigenvalue weighted by Gasteiger charge is 2.20. The molecule has 0 spiro atoms. The maximum atomic E-state index is 6.70. The highest BCUT2D eigenvalue weighted by molar-refractivity contribution is 7.26. The van der Waals surface area contributed by atoms with Crippen molar-refractivity contribution >= 4 is 53.4 Å². The number of furan rings is 1. The zero-order chi connectivity index (χ0) is 37.0. The lowest BCUT2D eigenvalue weighted by Gasteiger charge is -2.10. The number of thiophene rings is 1. The minimum Gasteiger partial charge on any atom is -0.455 e. The summed E-state index contributed by atoms with van der Waals surface area (Å²) < 4.78 is 9.26. The normalized spacial score (nSPS) is 11.6. The quantitative estimate of drug-likeness (QED) is 0.171. The average Bonchev–Trinajstić information content (AvgIpc) is 3.86. The van der Waals surface area contributed by atoms with E-state index in [1.807, 2.05) is 53.8 Å². The number of para-hydroxylation sites is 1. The van der Waals surface area contributed by atoms with Gasteiger partial charge in [-0.2, -0.15) is 0 Å². The van der Waals surface area contributed by atoms with Crippen molar-refractivity contribution in [3.8, 4) is 67.5 Å². The Morgan fingerprint density at radius 3 is 1.66 bits per heavy atom. The van der Waals surface area contributed by atoms with E-state index in [1.54, 1.807) is 0 Å². The summed E-state index contributed by atoms with van der Waals surface area (Å²) in [6.07, 6.45) is 0. The highest BCUT2D eigenvalue weighted by atomic mass is 32.1. The van der Waals surface area contributed by atoms with E-state index < -0.39 is 0 Å². The van der Waals surface area contributed by atoms with Crippen molar-refractivity contribution in [3.63, 3.8) is 0 Å². The lowest BCUT2D eigenvalue weighted by molar-refractivity contribution is 0.669. The molecule has 3 aromatic heterocycles. The molecule has 0 fully saturated rings. The minimum absolute atomic E-state index is 0.564. The van der Waals surface area contributed by atoms with E-state index in [4.69, 9.17) is 19.4 Å². The van der Waals surface area contributed by atoms with Crippen LogP contribution in [-0.4, -0.2) is 15.0 Å². The molecule has 0 radical (unpaired) electrons. The number of benzene rings is 8. The van der Waals surface area contributed by atoms with Gasteiger partial charge in [-0.05, 0) is 57.6 Å². The number of hydrogen-bond donors (Lipinski definition) is 0. The van der Waals surface area contributed by atoms with Gasteiger partial charge in [-0.3, -0.25) is 0 Å². The van der Waals surface area contributed by atoms with Crippen molar-refractivity contribution in [2.24, 2.45) is 0 Å². The molecule has 0 aliphatic carbocycles. The maximum Gasteiger partial charge on any atom is 0.167 e. The van der Waals surface area contributed by atoms with Crippen LogP contribution < -0.4 is 0 Å². The molecule has 0 aliphatic rings. The summed E-state index contributed by atoms with van der Waals surface area (Å²) >= 11 is 1.86. The molecule has 4 nitrogen and oxygen atoms in total. The topological polar surface area (TPSA) is 51.8 Å². The van der Waals surface area contributed by atoms with Crippen LogP contribution in [0.15, 0.2) is 192 Å². The van der Waals surface area contributed by atoms with Gasteiger partial charge in [0.25, 0.3) is 0 Å². The molecule has 56 heavy (non-hydrogen) atoms. The van der Waals surface area contributed by atoms with Crippen LogP contribution in [0.3, 0.4) is 0 Å². The van der Waals surface area contributed by atoms with E-state index in [2.05, 4.69) is 146 Å². The summed E-state index contributed by atoms with van der Waals surface area (Å²) in [5.41, 5.74) is 11.4. The second-order valence-electron chi connectivity index (χ2n) is 13.9.